The molecule has 0 aromatic heterocycles. The summed E-state index contributed by atoms with van der Waals surface area (Å²) in [4.78, 5) is 2.35. The monoisotopic (exact) mass is 395 g/mol. The van der Waals surface area contributed by atoms with E-state index in [1.807, 2.05) is 24.3 Å². The number of allylic oxidation sites excluding steroid dienone is 1. The van der Waals surface area contributed by atoms with E-state index in [0.29, 0.717) is 18.0 Å². The van der Waals surface area contributed by atoms with Gasteiger partial charge in [0.2, 0.25) is 0 Å². The van der Waals surface area contributed by atoms with Crippen molar-refractivity contribution in [1.82, 2.24) is 4.90 Å². The average molecular weight is 396 g/mol. The van der Waals surface area contributed by atoms with Crippen molar-refractivity contribution in [3.63, 3.8) is 0 Å². The number of ether oxygens (including phenoxy) is 2. The number of rotatable bonds is 10. The van der Waals surface area contributed by atoms with Crippen molar-refractivity contribution in [2.45, 2.75) is 31.8 Å². The predicted molar refractivity (Wildman–Crippen MR) is 118 cm³/mol. The van der Waals surface area contributed by atoms with Crippen molar-refractivity contribution in [2.24, 2.45) is 5.92 Å². The molecule has 1 atom stereocenters. The molecule has 156 valence electrons. The van der Waals surface area contributed by atoms with E-state index in [0.717, 1.165) is 37.4 Å². The van der Waals surface area contributed by atoms with Crippen molar-refractivity contribution < 1.29 is 14.6 Å². The van der Waals surface area contributed by atoms with Gasteiger partial charge in [-0.2, -0.15) is 0 Å². The molecule has 0 aliphatic carbocycles. The molecule has 1 aliphatic rings. The molecule has 3 rings (SSSR count). The highest BCUT2D eigenvalue weighted by Crippen LogP contribution is 2.28. The van der Waals surface area contributed by atoms with Gasteiger partial charge in [0.15, 0.2) is 11.5 Å². The minimum atomic E-state index is -0.516. The van der Waals surface area contributed by atoms with Gasteiger partial charge in [0.05, 0.1) is 7.11 Å². The first-order valence-corrected chi connectivity index (χ1v) is 10.5. The van der Waals surface area contributed by atoms with E-state index in [4.69, 9.17) is 9.47 Å². The molecule has 1 fully saturated rings. The summed E-state index contributed by atoms with van der Waals surface area (Å²) in [5.41, 5.74) is 2.55. The van der Waals surface area contributed by atoms with Crippen LogP contribution in [0.2, 0.25) is 0 Å². The fourth-order valence-electron chi connectivity index (χ4n) is 3.98. The molecule has 2 aromatic rings. The molecule has 1 saturated heterocycles. The number of aliphatic hydroxyl groups excluding tert-OH is 1. The number of piperidine rings is 1. The molecule has 0 spiro atoms. The van der Waals surface area contributed by atoms with Crippen LogP contribution in [0, 0.1) is 5.92 Å². The Balaban J connectivity index is 1.41. The van der Waals surface area contributed by atoms with Gasteiger partial charge in [-0.25, -0.2) is 0 Å². The minimum Gasteiger partial charge on any atom is -0.493 e. The molecule has 1 aliphatic heterocycles. The van der Waals surface area contributed by atoms with E-state index in [-0.39, 0.29) is 6.61 Å². The molecule has 0 saturated carbocycles. The summed E-state index contributed by atoms with van der Waals surface area (Å²) in [5.74, 6) is 2.10. The molecule has 29 heavy (non-hydrogen) atoms. The summed E-state index contributed by atoms with van der Waals surface area (Å²) in [7, 11) is 1.63. The lowest BCUT2D eigenvalue weighted by atomic mass is 9.90. The van der Waals surface area contributed by atoms with Gasteiger partial charge in [-0.05, 0) is 68.0 Å². The van der Waals surface area contributed by atoms with Crippen LogP contribution in [0.5, 0.6) is 11.5 Å². The first-order chi connectivity index (χ1) is 14.2. The first-order valence-electron chi connectivity index (χ1n) is 10.5. The zero-order valence-corrected chi connectivity index (χ0v) is 17.4. The Morgan fingerprint density at radius 2 is 1.86 bits per heavy atom. The van der Waals surface area contributed by atoms with Gasteiger partial charge in [0.1, 0.15) is 12.7 Å². The molecule has 4 heteroatoms. The van der Waals surface area contributed by atoms with Crippen LogP contribution in [0.15, 0.2) is 61.2 Å². The lowest BCUT2D eigenvalue weighted by Gasteiger charge is -2.33. The number of methoxy groups -OCH3 is 1. The highest BCUT2D eigenvalue weighted by atomic mass is 16.5. The second kappa shape index (κ2) is 11.0. The third-order valence-electron chi connectivity index (χ3n) is 5.58. The summed E-state index contributed by atoms with van der Waals surface area (Å²) >= 11 is 0. The molecule has 4 nitrogen and oxygen atoms in total. The van der Waals surface area contributed by atoms with Crippen molar-refractivity contribution in [1.29, 1.82) is 0 Å². The number of hydrogen-bond donors (Lipinski definition) is 1. The van der Waals surface area contributed by atoms with E-state index in [1.54, 1.807) is 7.11 Å². The summed E-state index contributed by atoms with van der Waals surface area (Å²) in [6.07, 6.45) is 5.66. The van der Waals surface area contributed by atoms with E-state index in [9.17, 15) is 5.11 Å². The SMILES string of the molecule is C=CCc1ccc(OC[C@H](O)CN2CCC(Cc3ccccc3)CC2)c(OC)c1. The summed E-state index contributed by atoms with van der Waals surface area (Å²) in [6.45, 7) is 6.75. The zero-order valence-electron chi connectivity index (χ0n) is 17.4. The Morgan fingerprint density at radius 1 is 1.10 bits per heavy atom. The smallest absolute Gasteiger partial charge is 0.161 e. The molecule has 0 amide bonds. The highest BCUT2D eigenvalue weighted by molar-refractivity contribution is 5.43. The van der Waals surface area contributed by atoms with Crippen LogP contribution in [-0.2, 0) is 12.8 Å². The maximum atomic E-state index is 10.4. The number of aliphatic hydroxyl groups is 1. The zero-order chi connectivity index (χ0) is 20.5. The Bertz CT molecular complexity index is 754. The molecule has 0 unspecified atom stereocenters. The fourth-order valence-corrected chi connectivity index (χ4v) is 3.98. The standard InChI is InChI=1S/C25H33NO3/c1-3-7-20-10-11-24(25(17-20)28-2)29-19-23(27)18-26-14-12-22(13-15-26)16-21-8-5-4-6-9-21/h3-6,8-11,17,22-23,27H,1,7,12-16,18-19H2,2H3/t23-/m1/s1. The maximum absolute atomic E-state index is 10.4. The molecular weight excluding hydrogens is 362 g/mol. The Morgan fingerprint density at radius 3 is 2.55 bits per heavy atom. The van der Waals surface area contributed by atoms with Gasteiger partial charge in [-0.1, -0.05) is 42.5 Å². The number of β-amino-alcohol motifs (C(OH)–C–C–N with tert-alkyl or cyclic N) is 1. The number of nitrogens with zero attached hydrogens (tertiary/aromatic N) is 1. The first kappa shape index (κ1) is 21.4. The molecule has 0 radical (unpaired) electrons. The van der Waals surface area contributed by atoms with Gasteiger partial charge < -0.3 is 19.5 Å². The molecule has 0 bridgehead atoms. The summed E-state index contributed by atoms with van der Waals surface area (Å²) in [5, 5.41) is 10.4. The Kier molecular flexibility index (Phi) is 8.14. The van der Waals surface area contributed by atoms with Gasteiger partial charge in [0, 0.05) is 6.54 Å². The third kappa shape index (κ3) is 6.62. The van der Waals surface area contributed by atoms with Crippen LogP contribution in [-0.4, -0.2) is 49.5 Å². The normalized spacial score (nSPS) is 16.3. The van der Waals surface area contributed by atoms with E-state index < -0.39 is 6.10 Å². The van der Waals surface area contributed by atoms with E-state index in [1.165, 1.54) is 18.4 Å². The van der Waals surface area contributed by atoms with Crippen LogP contribution < -0.4 is 9.47 Å². The minimum absolute atomic E-state index is 0.265. The quantitative estimate of drug-likeness (QED) is 0.615. The van der Waals surface area contributed by atoms with Gasteiger partial charge >= 0.3 is 0 Å². The summed E-state index contributed by atoms with van der Waals surface area (Å²) < 4.78 is 11.3. The van der Waals surface area contributed by atoms with Gasteiger partial charge in [-0.15, -0.1) is 6.58 Å². The van der Waals surface area contributed by atoms with E-state index >= 15 is 0 Å². The topological polar surface area (TPSA) is 41.9 Å². The lowest BCUT2D eigenvalue weighted by Crippen LogP contribution is -2.41. The molecule has 1 N–H and O–H groups in total. The van der Waals surface area contributed by atoms with Crippen LogP contribution >= 0.6 is 0 Å². The molecule has 2 aromatic carbocycles. The van der Waals surface area contributed by atoms with Crippen LogP contribution in [0.1, 0.15) is 24.0 Å². The number of likely N-dealkylation sites (tertiary alicyclic amines) is 1. The third-order valence-corrected chi connectivity index (χ3v) is 5.58. The Labute approximate surface area is 174 Å². The summed E-state index contributed by atoms with van der Waals surface area (Å²) in [6, 6.07) is 16.6. The van der Waals surface area contributed by atoms with Crippen LogP contribution in [0.25, 0.3) is 0 Å². The number of benzene rings is 2. The molecular formula is C25H33NO3. The van der Waals surface area contributed by atoms with Crippen LogP contribution in [0.3, 0.4) is 0 Å². The van der Waals surface area contributed by atoms with Crippen molar-refractivity contribution >= 4 is 0 Å². The van der Waals surface area contributed by atoms with Crippen LogP contribution in [0.4, 0.5) is 0 Å². The second-order valence-corrected chi connectivity index (χ2v) is 7.88. The second-order valence-electron chi connectivity index (χ2n) is 7.88. The van der Waals surface area contributed by atoms with Crippen molar-refractivity contribution in [3.05, 3.63) is 72.3 Å². The Hall–Kier alpha value is -2.30. The largest absolute Gasteiger partial charge is 0.493 e. The van der Waals surface area contributed by atoms with Crippen molar-refractivity contribution in [2.75, 3.05) is 33.4 Å². The fraction of sp³-hybridized carbons (Fsp3) is 0.440. The number of hydrogen-bond acceptors (Lipinski definition) is 4. The predicted octanol–water partition coefficient (Wildman–Crippen LogP) is 4.12. The van der Waals surface area contributed by atoms with Gasteiger partial charge in [0.25, 0.3) is 0 Å². The highest BCUT2D eigenvalue weighted by Gasteiger charge is 2.21. The molecule has 1 heterocycles. The lowest BCUT2D eigenvalue weighted by molar-refractivity contribution is 0.0543. The van der Waals surface area contributed by atoms with Gasteiger partial charge in [-0.3, -0.25) is 0 Å². The average Bonchev–Trinajstić information content (AvgIpc) is 2.75. The van der Waals surface area contributed by atoms with E-state index in [2.05, 4.69) is 41.8 Å². The maximum Gasteiger partial charge on any atom is 0.161 e. The van der Waals surface area contributed by atoms with Crippen molar-refractivity contribution in [3.8, 4) is 11.5 Å².